The van der Waals surface area contributed by atoms with Crippen LogP contribution in [-0.2, 0) is 13.5 Å². The quantitative estimate of drug-likeness (QED) is 0.860. The second-order valence-electron chi connectivity index (χ2n) is 4.55. The van der Waals surface area contributed by atoms with Crippen molar-refractivity contribution in [2.75, 3.05) is 5.73 Å². The van der Waals surface area contributed by atoms with Gasteiger partial charge in [0.2, 0.25) is 0 Å². The van der Waals surface area contributed by atoms with Crippen molar-refractivity contribution in [2.24, 2.45) is 7.05 Å². The lowest BCUT2D eigenvalue weighted by atomic mass is 10.2. The lowest BCUT2D eigenvalue weighted by Gasteiger charge is -2.05. The van der Waals surface area contributed by atoms with E-state index in [1.165, 1.54) is 12.8 Å². The molecule has 88 valence electrons. The molecule has 5 heteroatoms. The maximum absolute atomic E-state index is 5.81. The molecule has 17 heavy (non-hydrogen) atoms. The van der Waals surface area contributed by atoms with Crippen molar-refractivity contribution in [3.63, 3.8) is 0 Å². The van der Waals surface area contributed by atoms with E-state index < -0.39 is 0 Å². The second kappa shape index (κ2) is 3.84. The molecule has 0 atom stereocenters. The lowest BCUT2D eigenvalue weighted by molar-refractivity contribution is 0.798. The number of rotatable bonds is 3. The Balaban J connectivity index is 1.89. The van der Waals surface area contributed by atoms with Gasteiger partial charge in [-0.05, 0) is 12.8 Å². The third kappa shape index (κ3) is 2.13. The normalized spacial score (nSPS) is 15.1. The molecular weight excluding hydrogens is 214 g/mol. The number of nitrogens with zero attached hydrogens (tertiary/aromatic N) is 4. The van der Waals surface area contributed by atoms with Gasteiger partial charge in [-0.2, -0.15) is 0 Å². The van der Waals surface area contributed by atoms with Crippen LogP contribution in [0.4, 0.5) is 5.82 Å². The van der Waals surface area contributed by atoms with Crippen molar-refractivity contribution < 1.29 is 0 Å². The molecule has 1 saturated carbocycles. The first-order valence-electron chi connectivity index (χ1n) is 5.82. The van der Waals surface area contributed by atoms with E-state index in [1.54, 1.807) is 6.20 Å². The monoisotopic (exact) mass is 229 g/mol. The Hall–Kier alpha value is -1.91. The van der Waals surface area contributed by atoms with Crippen LogP contribution in [0.3, 0.4) is 0 Å². The smallest absolute Gasteiger partial charge is 0.134 e. The predicted molar refractivity (Wildman–Crippen MR) is 64.4 cm³/mol. The van der Waals surface area contributed by atoms with Crippen LogP contribution in [0.2, 0.25) is 0 Å². The zero-order valence-electron chi connectivity index (χ0n) is 9.80. The number of imidazole rings is 1. The average Bonchev–Trinajstić information content (AvgIpc) is 3.05. The first-order valence-corrected chi connectivity index (χ1v) is 5.82. The third-order valence-electron chi connectivity index (χ3n) is 3.02. The molecular formula is C12H15N5. The van der Waals surface area contributed by atoms with E-state index in [-0.39, 0.29) is 0 Å². The highest BCUT2D eigenvalue weighted by Gasteiger charge is 2.27. The molecule has 0 amide bonds. The van der Waals surface area contributed by atoms with Crippen molar-refractivity contribution in [1.82, 2.24) is 19.5 Å². The molecule has 2 heterocycles. The largest absolute Gasteiger partial charge is 0.384 e. The van der Waals surface area contributed by atoms with Crippen LogP contribution in [-0.4, -0.2) is 19.5 Å². The Labute approximate surface area is 99.7 Å². The highest BCUT2D eigenvalue weighted by molar-refractivity contribution is 5.32. The number of anilines is 1. The van der Waals surface area contributed by atoms with Crippen molar-refractivity contribution >= 4 is 5.82 Å². The van der Waals surface area contributed by atoms with Gasteiger partial charge in [-0.25, -0.2) is 15.0 Å². The van der Waals surface area contributed by atoms with Crippen LogP contribution in [0, 0.1) is 0 Å². The fraction of sp³-hybridized carbons (Fsp3) is 0.417. The van der Waals surface area contributed by atoms with Crippen molar-refractivity contribution in [2.45, 2.75) is 25.2 Å². The number of hydrogen-bond acceptors (Lipinski definition) is 4. The molecule has 0 aliphatic heterocycles. The summed E-state index contributed by atoms with van der Waals surface area (Å²) in [6.07, 6.45) is 6.80. The minimum atomic E-state index is 0.527. The fourth-order valence-corrected chi connectivity index (χ4v) is 1.88. The fourth-order valence-electron chi connectivity index (χ4n) is 1.88. The Morgan fingerprint density at radius 2 is 2.24 bits per heavy atom. The summed E-state index contributed by atoms with van der Waals surface area (Å²) < 4.78 is 2.00. The van der Waals surface area contributed by atoms with E-state index in [0.717, 1.165) is 17.3 Å². The number of aromatic nitrogens is 4. The van der Waals surface area contributed by atoms with Crippen molar-refractivity contribution in [1.29, 1.82) is 0 Å². The molecule has 0 bridgehead atoms. The van der Waals surface area contributed by atoms with E-state index in [2.05, 4.69) is 15.0 Å². The Morgan fingerprint density at radius 3 is 2.88 bits per heavy atom. The first kappa shape index (κ1) is 10.3. The number of nitrogen functional groups attached to an aromatic ring is 1. The van der Waals surface area contributed by atoms with Gasteiger partial charge in [0, 0.05) is 37.8 Å². The molecule has 3 rings (SSSR count). The number of aryl methyl sites for hydroxylation is 1. The Morgan fingerprint density at radius 1 is 1.41 bits per heavy atom. The van der Waals surface area contributed by atoms with Crippen molar-refractivity contribution in [3.8, 4) is 0 Å². The van der Waals surface area contributed by atoms with Gasteiger partial charge >= 0.3 is 0 Å². The molecule has 0 unspecified atom stereocenters. The molecule has 0 spiro atoms. The van der Waals surface area contributed by atoms with Gasteiger partial charge in [0.1, 0.15) is 17.5 Å². The Kier molecular flexibility index (Phi) is 2.31. The van der Waals surface area contributed by atoms with Gasteiger partial charge in [0.25, 0.3) is 0 Å². The van der Waals surface area contributed by atoms with Crippen LogP contribution < -0.4 is 5.73 Å². The second-order valence-corrected chi connectivity index (χ2v) is 4.55. The molecule has 2 aromatic heterocycles. The lowest BCUT2D eigenvalue weighted by Crippen LogP contribution is -2.05. The molecule has 5 nitrogen and oxygen atoms in total. The van der Waals surface area contributed by atoms with Crippen LogP contribution >= 0.6 is 0 Å². The average molecular weight is 229 g/mol. The summed E-state index contributed by atoms with van der Waals surface area (Å²) in [5, 5.41) is 0. The maximum Gasteiger partial charge on any atom is 0.134 e. The topological polar surface area (TPSA) is 69.6 Å². The summed E-state index contributed by atoms with van der Waals surface area (Å²) in [4.78, 5) is 13.1. The summed E-state index contributed by atoms with van der Waals surface area (Å²) in [6, 6.07) is 1.83. The molecule has 1 fully saturated rings. The van der Waals surface area contributed by atoms with Crippen LogP contribution in [0.25, 0.3) is 0 Å². The molecule has 2 N–H and O–H groups in total. The van der Waals surface area contributed by atoms with E-state index in [1.807, 2.05) is 23.9 Å². The van der Waals surface area contributed by atoms with Gasteiger partial charge in [0.05, 0.1) is 5.69 Å². The first-order chi connectivity index (χ1) is 8.22. The van der Waals surface area contributed by atoms with Gasteiger partial charge in [-0.1, -0.05) is 0 Å². The van der Waals surface area contributed by atoms with Gasteiger partial charge < -0.3 is 10.3 Å². The van der Waals surface area contributed by atoms with E-state index in [0.29, 0.717) is 18.2 Å². The summed E-state index contributed by atoms with van der Waals surface area (Å²) in [7, 11) is 1.98. The maximum atomic E-state index is 5.81. The summed E-state index contributed by atoms with van der Waals surface area (Å²) in [5.41, 5.74) is 6.77. The summed E-state index contributed by atoms with van der Waals surface area (Å²) >= 11 is 0. The summed E-state index contributed by atoms with van der Waals surface area (Å²) in [6.45, 7) is 0. The van der Waals surface area contributed by atoms with Gasteiger partial charge in [-0.15, -0.1) is 0 Å². The molecule has 1 aliphatic rings. The molecule has 0 saturated heterocycles. The van der Waals surface area contributed by atoms with Crippen LogP contribution in [0.15, 0.2) is 18.5 Å². The number of nitrogens with two attached hydrogens (primary N) is 1. The molecule has 0 radical (unpaired) electrons. The Bertz CT molecular complexity index is 542. The SMILES string of the molecule is Cn1ccnc1Cc1cc(N)nc(C2CC2)n1. The van der Waals surface area contributed by atoms with Crippen molar-refractivity contribution in [3.05, 3.63) is 35.8 Å². The predicted octanol–water partition coefficient (Wildman–Crippen LogP) is 1.26. The van der Waals surface area contributed by atoms with E-state index in [4.69, 9.17) is 5.73 Å². The zero-order valence-corrected chi connectivity index (χ0v) is 9.80. The van der Waals surface area contributed by atoms with E-state index >= 15 is 0 Å². The van der Waals surface area contributed by atoms with E-state index in [9.17, 15) is 0 Å². The van der Waals surface area contributed by atoms with Gasteiger partial charge in [0.15, 0.2) is 0 Å². The molecule has 0 aromatic carbocycles. The minimum absolute atomic E-state index is 0.527. The minimum Gasteiger partial charge on any atom is -0.384 e. The highest BCUT2D eigenvalue weighted by Crippen LogP contribution is 2.38. The third-order valence-corrected chi connectivity index (χ3v) is 3.02. The zero-order chi connectivity index (χ0) is 11.8. The standard InChI is InChI=1S/C12H15N5/c1-17-5-4-14-11(17)7-9-6-10(13)16-12(15-9)8-2-3-8/h4-6,8H,2-3,7H2,1H3,(H2,13,15,16). The summed E-state index contributed by atoms with van der Waals surface area (Å²) in [5.74, 6) is 2.98. The number of hydrogen-bond donors (Lipinski definition) is 1. The highest BCUT2D eigenvalue weighted by atomic mass is 15.0. The van der Waals surface area contributed by atoms with Gasteiger partial charge in [-0.3, -0.25) is 0 Å². The molecule has 1 aliphatic carbocycles. The molecule has 2 aromatic rings. The van der Waals surface area contributed by atoms with Crippen LogP contribution in [0.1, 0.15) is 36.1 Å². The van der Waals surface area contributed by atoms with Crippen LogP contribution in [0.5, 0.6) is 0 Å².